The van der Waals surface area contributed by atoms with E-state index < -0.39 is 0 Å². The fourth-order valence-electron chi connectivity index (χ4n) is 1.85. The highest BCUT2D eigenvalue weighted by atomic mass is 35.5. The molecule has 0 unspecified atom stereocenters. The number of halogens is 1. The van der Waals surface area contributed by atoms with Crippen molar-refractivity contribution >= 4 is 17.5 Å². The molecule has 1 rings (SSSR count). The summed E-state index contributed by atoms with van der Waals surface area (Å²) in [4.78, 5) is 13.9. The normalized spacial score (nSPS) is 10.6. The minimum atomic E-state index is -0.0689. The number of carbonyl (C=O) groups is 1. The molecule has 1 aromatic carbocycles. The third-order valence-corrected chi connectivity index (χ3v) is 3.31. The lowest BCUT2D eigenvalue weighted by Gasteiger charge is -2.26. The molecule has 3 nitrogen and oxygen atoms in total. The van der Waals surface area contributed by atoms with E-state index in [9.17, 15) is 9.90 Å². The third kappa shape index (κ3) is 3.13. The van der Waals surface area contributed by atoms with E-state index >= 15 is 0 Å². The van der Waals surface area contributed by atoms with Gasteiger partial charge in [-0.2, -0.15) is 0 Å². The molecule has 94 valence electrons. The van der Waals surface area contributed by atoms with E-state index in [-0.39, 0.29) is 22.7 Å². The van der Waals surface area contributed by atoms with Crippen molar-refractivity contribution < 1.29 is 9.90 Å². The molecule has 1 aromatic rings. The van der Waals surface area contributed by atoms with Gasteiger partial charge in [0.15, 0.2) is 0 Å². The Morgan fingerprint density at radius 1 is 1.41 bits per heavy atom. The first-order valence-corrected chi connectivity index (χ1v) is 6.14. The van der Waals surface area contributed by atoms with Crippen LogP contribution in [0.4, 0.5) is 0 Å². The van der Waals surface area contributed by atoms with Crippen LogP contribution in [0.3, 0.4) is 0 Å². The molecule has 0 radical (unpaired) electrons. The summed E-state index contributed by atoms with van der Waals surface area (Å²) in [5, 5.41) is 9.51. The Morgan fingerprint density at radius 2 is 2.00 bits per heavy atom. The summed E-state index contributed by atoms with van der Waals surface area (Å²) in [6.45, 7) is 4.11. The fraction of sp³-hybridized carbons (Fsp3) is 0.462. The standard InChI is InChI=1S/C13H18ClNO2/c1-4-10(5-2)15(3)13(17)9-6-7-12(16)11(14)8-9/h6-8,10,16H,4-5H2,1-3H3. The van der Waals surface area contributed by atoms with Gasteiger partial charge in [0.2, 0.25) is 0 Å². The number of phenolic OH excluding ortho intramolecular Hbond substituents is 1. The summed E-state index contributed by atoms with van der Waals surface area (Å²) in [5.41, 5.74) is 0.502. The van der Waals surface area contributed by atoms with E-state index in [0.29, 0.717) is 5.56 Å². The van der Waals surface area contributed by atoms with E-state index in [4.69, 9.17) is 11.6 Å². The Balaban J connectivity index is 2.92. The third-order valence-electron chi connectivity index (χ3n) is 3.01. The van der Waals surface area contributed by atoms with Crippen LogP contribution in [0.15, 0.2) is 18.2 Å². The molecule has 0 saturated heterocycles. The van der Waals surface area contributed by atoms with Gasteiger partial charge < -0.3 is 10.0 Å². The first-order chi connectivity index (χ1) is 8.01. The highest BCUT2D eigenvalue weighted by Crippen LogP contribution is 2.24. The Morgan fingerprint density at radius 3 is 2.47 bits per heavy atom. The van der Waals surface area contributed by atoms with Crippen LogP contribution in [0, 0.1) is 0 Å². The van der Waals surface area contributed by atoms with Crippen molar-refractivity contribution in [1.82, 2.24) is 4.90 Å². The second-order valence-electron chi connectivity index (χ2n) is 4.05. The minimum absolute atomic E-state index is 0.00611. The number of phenols is 1. The number of rotatable bonds is 4. The van der Waals surface area contributed by atoms with Crippen LogP contribution in [0.1, 0.15) is 37.0 Å². The van der Waals surface area contributed by atoms with Crippen LogP contribution in [-0.2, 0) is 0 Å². The van der Waals surface area contributed by atoms with Crippen molar-refractivity contribution in [3.63, 3.8) is 0 Å². The lowest BCUT2D eigenvalue weighted by molar-refractivity contribution is 0.0723. The molecule has 1 N–H and O–H groups in total. The van der Waals surface area contributed by atoms with E-state index in [1.54, 1.807) is 18.0 Å². The smallest absolute Gasteiger partial charge is 0.253 e. The number of carbonyl (C=O) groups excluding carboxylic acids is 1. The molecule has 1 amide bonds. The van der Waals surface area contributed by atoms with Gasteiger partial charge in [-0.05, 0) is 31.0 Å². The lowest BCUT2D eigenvalue weighted by Crippen LogP contribution is -2.36. The SMILES string of the molecule is CCC(CC)N(C)C(=O)c1ccc(O)c(Cl)c1. The molecule has 0 bridgehead atoms. The minimum Gasteiger partial charge on any atom is -0.506 e. The van der Waals surface area contributed by atoms with Gasteiger partial charge in [0.05, 0.1) is 5.02 Å². The summed E-state index contributed by atoms with van der Waals surface area (Å²) in [6.07, 6.45) is 1.84. The molecule has 0 aliphatic heterocycles. The van der Waals surface area contributed by atoms with Crippen LogP contribution in [-0.4, -0.2) is 29.0 Å². The largest absolute Gasteiger partial charge is 0.506 e. The van der Waals surface area contributed by atoms with E-state index in [1.165, 1.54) is 12.1 Å². The van der Waals surface area contributed by atoms with Crippen molar-refractivity contribution in [2.24, 2.45) is 0 Å². The van der Waals surface area contributed by atoms with E-state index in [2.05, 4.69) is 13.8 Å². The van der Waals surface area contributed by atoms with Gasteiger partial charge in [0.25, 0.3) is 5.91 Å². The van der Waals surface area contributed by atoms with Gasteiger partial charge in [-0.25, -0.2) is 0 Å². The van der Waals surface area contributed by atoms with Gasteiger partial charge in [-0.1, -0.05) is 25.4 Å². The predicted octanol–water partition coefficient (Wildman–Crippen LogP) is 3.31. The molecule has 0 aliphatic carbocycles. The molecule has 0 atom stereocenters. The monoisotopic (exact) mass is 255 g/mol. The predicted molar refractivity (Wildman–Crippen MR) is 69.6 cm³/mol. The molecule has 17 heavy (non-hydrogen) atoms. The number of nitrogens with zero attached hydrogens (tertiary/aromatic N) is 1. The average Bonchev–Trinajstić information content (AvgIpc) is 2.33. The Bertz CT molecular complexity index is 402. The second kappa shape index (κ2) is 5.92. The van der Waals surface area contributed by atoms with Crippen LogP contribution >= 0.6 is 11.6 Å². The highest BCUT2D eigenvalue weighted by molar-refractivity contribution is 6.32. The number of benzene rings is 1. The van der Waals surface area contributed by atoms with Gasteiger partial charge in [-0.15, -0.1) is 0 Å². The number of hydrogen-bond donors (Lipinski definition) is 1. The maximum atomic E-state index is 12.2. The number of amides is 1. The second-order valence-corrected chi connectivity index (χ2v) is 4.46. The van der Waals surface area contributed by atoms with Crippen LogP contribution in [0.2, 0.25) is 5.02 Å². The lowest BCUT2D eigenvalue weighted by atomic mass is 10.1. The topological polar surface area (TPSA) is 40.5 Å². The summed E-state index contributed by atoms with van der Waals surface area (Å²) < 4.78 is 0. The first-order valence-electron chi connectivity index (χ1n) is 5.76. The Hall–Kier alpha value is -1.22. The van der Waals surface area contributed by atoms with Crippen LogP contribution in [0.5, 0.6) is 5.75 Å². The Labute approximate surface area is 107 Å². The molecule has 4 heteroatoms. The zero-order valence-electron chi connectivity index (χ0n) is 10.4. The van der Waals surface area contributed by atoms with Crippen molar-refractivity contribution in [1.29, 1.82) is 0 Å². The van der Waals surface area contributed by atoms with Gasteiger partial charge in [0.1, 0.15) is 5.75 Å². The number of hydrogen-bond acceptors (Lipinski definition) is 2. The highest BCUT2D eigenvalue weighted by Gasteiger charge is 2.18. The quantitative estimate of drug-likeness (QED) is 0.897. The number of aromatic hydroxyl groups is 1. The summed E-state index contributed by atoms with van der Waals surface area (Å²) in [5.74, 6) is -0.0750. The molecule has 0 fully saturated rings. The van der Waals surface area contributed by atoms with Gasteiger partial charge in [-0.3, -0.25) is 4.79 Å². The van der Waals surface area contributed by atoms with Crippen molar-refractivity contribution in [2.75, 3.05) is 7.05 Å². The van der Waals surface area contributed by atoms with Crippen molar-refractivity contribution in [3.05, 3.63) is 28.8 Å². The zero-order chi connectivity index (χ0) is 13.0. The average molecular weight is 256 g/mol. The zero-order valence-corrected chi connectivity index (χ0v) is 11.2. The van der Waals surface area contributed by atoms with Crippen LogP contribution < -0.4 is 0 Å². The van der Waals surface area contributed by atoms with Gasteiger partial charge in [0, 0.05) is 18.7 Å². The van der Waals surface area contributed by atoms with E-state index in [0.717, 1.165) is 12.8 Å². The van der Waals surface area contributed by atoms with Crippen LogP contribution in [0.25, 0.3) is 0 Å². The van der Waals surface area contributed by atoms with Gasteiger partial charge >= 0.3 is 0 Å². The maximum absolute atomic E-state index is 12.2. The molecule has 0 aromatic heterocycles. The van der Waals surface area contributed by atoms with Crippen molar-refractivity contribution in [2.45, 2.75) is 32.7 Å². The molecule has 0 saturated carbocycles. The molecular weight excluding hydrogens is 238 g/mol. The fourth-order valence-corrected chi connectivity index (χ4v) is 2.03. The first kappa shape index (κ1) is 13.8. The summed E-state index contributed by atoms with van der Waals surface area (Å²) in [7, 11) is 1.79. The molecule has 0 heterocycles. The molecule has 0 aliphatic rings. The molecular formula is C13H18ClNO2. The molecule has 0 spiro atoms. The Kier molecular flexibility index (Phi) is 4.82. The summed E-state index contributed by atoms with van der Waals surface area (Å²) in [6, 6.07) is 4.76. The maximum Gasteiger partial charge on any atom is 0.253 e. The van der Waals surface area contributed by atoms with Crippen molar-refractivity contribution in [3.8, 4) is 5.75 Å². The summed E-state index contributed by atoms with van der Waals surface area (Å²) >= 11 is 5.79. The van der Waals surface area contributed by atoms with E-state index in [1.807, 2.05) is 0 Å².